The topological polar surface area (TPSA) is 80.8 Å². The molecule has 1 saturated carbocycles. The van der Waals surface area contributed by atoms with Crippen molar-refractivity contribution < 1.29 is 19.1 Å². The molecular weight excluding hydrogens is 365 g/mol. The Morgan fingerprint density at radius 2 is 2.19 bits per heavy atom. The first-order chi connectivity index (χ1) is 12.8. The highest BCUT2D eigenvalue weighted by Gasteiger charge is 2.38. The molecule has 1 fully saturated rings. The number of fused-ring (bicyclic) bond motifs is 1. The first kappa shape index (κ1) is 19.6. The van der Waals surface area contributed by atoms with Gasteiger partial charge in [-0.25, -0.2) is 9.78 Å². The fourth-order valence-corrected chi connectivity index (χ4v) is 3.01. The van der Waals surface area contributed by atoms with Gasteiger partial charge in [-0.1, -0.05) is 5.82 Å². The maximum absolute atomic E-state index is 12.3. The lowest BCUT2D eigenvalue weighted by Gasteiger charge is -2.20. The molecular formula is C19H26N3O4P. The molecule has 1 aliphatic carbocycles. The molecule has 2 heterocycles. The fourth-order valence-electron chi connectivity index (χ4n) is 2.79. The van der Waals surface area contributed by atoms with E-state index in [2.05, 4.69) is 19.5 Å². The van der Waals surface area contributed by atoms with Crippen LogP contribution in [0.4, 0.5) is 4.79 Å². The van der Waals surface area contributed by atoms with Crippen LogP contribution in [0.5, 0.6) is 5.88 Å². The van der Waals surface area contributed by atoms with Crippen LogP contribution < -0.4 is 10.1 Å². The molecule has 1 aromatic heterocycles. The second-order valence-electron chi connectivity index (χ2n) is 7.81. The molecule has 0 spiro atoms. The predicted octanol–water partition coefficient (Wildman–Crippen LogP) is 2.86. The maximum atomic E-state index is 12.3. The van der Waals surface area contributed by atoms with Crippen LogP contribution in [0.1, 0.15) is 49.5 Å². The van der Waals surface area contributed by atoms with Gasteiger partial charge in [-0.2, -0.15) is 0 Å². The number of rotatable bonds is 6. The van der Waals surface area contributed by atoms with Gasteiger partial charge in [0.1, 0.15) is 12.2 Å². The molecule has 3 rings (SSSR count). The lowest BCUT2D eigenvalue weighted by atomic mass is 10.2. The summed E-state index contributed by atoms with van der Waals surface area (Å²) in [6, 6.07) is 2.22. The summed E-state index contributed by atoms with van der Waals surface area (Å²) in [7, 11) is 2.51. The maximum Gasteiger partial charge on any atom is 0.407 e. The van der Waals surface area contributed by atoms with Crippen LogP contribution in [0.2, 0.25) is 0 Å². The number of carbonyl (C=O) groups is 2. The fraction of sp³-hybridized carbons (Fsp3) is 0.526. The number of hydrogen-bond acceptors (Lipinski definition) is 5. The number of alkyl carbamates (subject to hydrolysis) is 1. The van der Waals surface area contributed by atoms with Crippen molar-refractivity contribution in [2.75, 3.05) is 13.2 Å². The Balaban J connectivity index is 1.51. The summed E-state index contributed by atoms with van der Waals surface area (Å²) in [6.45, 7) is 6.68. The monoisotopic (exact) mass is 391 g/mol. The normalized spacial score (nSPS) is 17.0. The van der Waals surface area contributed by atoms with E-state index in [0.29, 0.717) is 30.6 Å². The van der Waals surface area contributed by atoms with Crippen LogP contribution in [0, 0.1) is 0 Å². The van der Waals surface area contributed by atoms with Gasteiger partial charge < -0.3 is 19.7 Å². The number of nitrogens with one attached hydrogen (secondary N) is 1. The van der Waals surface area contributed by atoms with Crippen molar-refractivity contribution in [3.05, 3.63) is 34.8 Å². The minimum Gasteiger partial charge on any atom is -0.473 e. The number of hydrogen-bond donors (Lipinski definition) is 1. The molecule has 1 N–H and O–H groups in total. The Bertz CT molecular complexity index is 769. The van der Waals surface area contributed by atoms with Crippen molar-refractivity contribution in [1.29, 1.82) is 0 Å². The smallest absolute Gasteiger partial charge is 0.407 e. The second kappa shape index (κ2) is 7.85. The third-order valence-electron chi connectivity index (χ3n) is 4.28. The third-order valence-corrected chi connectivity index (χ3v) is 4.76. The van der Waals surface area contributed by atoms with Gasteiger partial charge in [0.25, 0.3) is 5.91 Å². The van der Waals surface area contributed by atoms with Crippen LogP contribution in [-0.2, 0) is 11.3 Å². The van der Waals surface area contributed by atoms with Crippen molar-refractivity contribution in [3.8, 4) is 5.88 Å². The van der Waals surface area contributed by atoms with E-state index in [1.165, 1.54) is 0 Å². The zero-order valence-electron chi connectivity index (χ0n) is 15.9. The molecule has 2 aliphatic rings. The zero-order chi connectivity index (χ0) is 19.6. The number of carbonyl (C=O) groups excluding carboxylic acids is 2. The molecule has 0 saturated heterocycles. The van der Waals surface area contributed by atoms with Gasteiger partial charge in [0.15, 0.2) is 0 Å². The van der Waals surface area contributed by atoms with E-state index in [1.807, 2.05) is 37.6 Å². The van der Waals surface area contributed by atoms with Crippen molar-refractivity contribution in [1.82, 2.24) is 15.2 Å². The quantitative estimate of drug-likeness (QED) is 0.755. The highest BCUT2D eigenvalue weighted by Crippen LogP contribution is 2.35. The standard InChI is InChI=1S/C19H26N3O4P/c1-19(2,3)26-18(24)21-7-12(11-27)10-25-16-6-13-9-22(14-4-5-14)17(23)15(13)8-20-16/h6,8,11,14H,4-5,7,9-10,27H2,1-3H3,(H,21,24)/b12-11+. The lowest BCUT2D eigenvalue weighted by molar-refractivity contribution is 0.0531. The van der Waals surface area contributed by atoms with Gasteiger partial charge >= 0.3 is 6.09 Å². The van der Waals surface area contributed by atoms with Crippen molar-refractivity contribution in [3.63, 3.8) is 0 Å². The summed E-state index contributed by atoms with van der Waals surface area (Å²) in [5, 5.41) is 2.70. The number of nitrogens with zero attached hydrogens (tertiary/aromatic N) is 2. The first-order valence-electron chi connectivity index (χ1n) is 9.06. The van der Waals surface area contributed by atoms with Gasteiger partial charge in [-0.15, -0.1) is 9.24 Å². The average Bonchev–Trinajstić information content (AvgIpc) is 3.38. The Morgan fingerprint density at radius 1 is 1.44 bits per heavy atom. The molecule has 146 valence electrons. The minimum absolute atomic E-state index is 0.0682. The van der Waals surface area contributed by atoms with Crippen LogP contribution in [0.15, 0.2) is 23.7 Å². The molecule has 0 bridgehead atoms. The van der Waals surface area contributed by atoms with Gasteiger partial charge in [0.05, 0.1) is 5.56 Å². The van der Waals surface area contributed by atoms with Crippen LogP contribution in [0.3, 0.4) is 0 Å². The Labute approximate surface area is 161 Å². The second-order valence-corrected chi connectivity index (χ2v) is 8.15. The van der Waals surface area contributed by atoms with E-state index in [4.69, 9.17) is 9.47 Å². The highest BCUT2D eigenvalue weighted by molar-refractivity contribution is 7.20. The van der Waals surface area contributed by atoms with E-state index < -0.39 is 11.7 Å². The summed E-state index contributed by atoms with van der Waals surface area (Å²) in [5.41, 5.74) is 1.96. The number of ether oxygens (including phenoxy) is 2. The SMILES string of the molecule is CC(C)(C)OC(=O)NC/C(=C\P)COc1cc2c(cn1)C(=O)N(C1CC1)C2. The molecule has 1 unspecified atom stereocenters. The predicted molar refractivity (Wildman–Crippen MR) is 105 cm³/mol. The molecule has 1 aliphatic heterocycles. The molecule has 1 aromatic rings. The van der Waals surface area contributed by atoms with Gasteiger partial charge in [-0.3, -0.25) is 4.79 Å². The van der Waals surface area contributed by atoms with Crippen LogP contribution >= 0.6 is 9.24 Å². The van der Waals surface area contributed by atoms with Crippen LogP contribution in [0.25, 0.3) is 0 Å². The van der Waals surface area contributed by atoms with Crippen LogP contribution in [-0.4, -0.2) is 46.7 Å². The molecule has 27 heavy (non-hydrogen) atoms. The molecule has 8 heteroatoms. The number of aromatic nitrogens is 1. The van der Waals surface area contributed by atoms with Crippen molar-refractivity contribution in [2.45, 2.75) is 51.8 Å². The highest BCUT2D eigenvalue weighted by atomic mass is 31.0. The van der Waals surface area contributed by atoms with E-state index >= 15 is 0 Å². The molecule has 0 radical (unpaired) electrons. The Kier molecular flexibility index (Phi) is 5.70. The average molecular weight is 391 g/mol. The Hall–Kier alpha value is -2.14. The van der Waals surface area contributed by atoms with E-state index in [0.717, 1.165) is 24.0 Å². The van der Waals surface area contributed by atoms with Gasteiger partial charge in [-0.05, 0) is 44.7 Å². The molecule has 1 atom stereocenters. The summed E-state index contributed by atoms with van der Waals surface area (Å²) in [6.07, 6.45) is 3.30. The molecule has 0 aromatic carbocycles. The first-order valence-corrected chi connectivity index (χ1v) is 9.72. The third kappa shape index (κ3) is 5.19. The largest absolute Gasteiger partial charge is 0.473 e. The van der Waals surface area contributed by atoms with E-state index in [9.17, 15) is 9.59 Å². The lowest BCUT2D eigenvalue weighted by Crippen LogP contribution is -2.34. The summed E-state index contributed by atoms with van der Waals surface area (Å²) in [5.74, 6) is 2.35. The molecule has 2 amide bonds. The molecule has 7 nitrogen and oxygen atoms in total. The van der Waals surface area contributed by atoms with Gasteiger partial charge in [0.2, 0.25) is 5.88 Å². The van der Waals surface area contributed by atoms with E-state index in [-0.39, 0.29) is 12.5 Å². The summed E-state index contributed by atoms with van der Waals surface area (Å²) >= 11 is 0. The number of pyridine rings is 1. The van der Waals surface area contributed by atoms with Gasteiger partial charge in [0, 0.05) is 31.4 Å². The summed E-state index contributed by atoms with van der Waals surface area (Å²) < 4.78 is 11.0. The zero-order valence-corrected chi connectivity index (χ0v) is 17.1. The minimum atomic E-state index is -0.536. The van der Waals surface area contributed by atoms with E-state index in [1.54, 1.807) is 6.20 Å². The van der Waals surface area contributed by atoms with Crippen molar-refractivity contribution in [2.24, 2.45) is 0 Å². The Morgan fingerprint density at radius 3 is 2.81 bits per heavy atom. The summed E-state index contributed by atoms with van der Waals surface area (Å²) in [4.78, 5) is 30.2. The van der Waals surface area contributed by atoms with Crippen molar-refractivity contribution >= 4 is 21.2 Å². The number of amides is 2.